The van der Waals surface area contributed by atoms with Crippen molar-refractivity contribution in [1.29, 1.82) is 0 Å². The largest absolute Gasteiger partial charge is 0.573 e. The van der Waals surface area contributed by atoms with E-state index in [0.29, 0.717) is 0 Å². The van der Waals surface area contributed by atoms with Gasteiger partial charge in [0.1, 0.15) is 3.70 Å². The smallest absolute Gasteiger partial charge is 0.465 e. The number of pyridine rings is 1. The normalized spacial score (nSPS) is 11.2. The fraction of sp³-hybridized carbons (Fsp3) is 0.333. The van der Waals surface area contributed by atoms with Crippen LogP contribution in [-0.4, -0.2) is 24.4 Å². The summed E-state index contributed by atoms with van der Waals surface area (Å²) in [7, 11) is 1.13. The molecule has 0 radical (unpaired) electrons. The second kappa shape index (κ2) is 5.07. The van der Waals surface area contributed by atoms with Crippen LogP contribution in [0, 0.1) is 10.6 Å². The Morgan fingerprint density at radius 1 is 1.47 bits per heavy atom. The number of nitrogens with zero attached hydrogens (tertiary/aromatic N) is 1. The minimum atomic E-state index is -4.83. The van der Waals surface area contributed by atoms with Crippen LogP contribution < -0.4 is 4.74 Å². The van der Waals surface area contributed by atoms with Gasteiger partial charge in [-0.2, -0.15) is 0 Å². The molecule has 0 fully saturated rings. The van der Waals surface area contributed by atoms with Crippen LogP contribution in [0.1, 0.15) is 16.1 Å². The molecule has 1 rings (SSSR count). The van der Waals surface area contributed by atoms with Crippen LogP contribution in [0.3, 0.4) is 0 Å². The van der Waals surface area contributed by atoms with Gasteiger partial charge in [0.25, 0.3) is 0 Å². The van der Waals surface area contributed by atoms with Gasteiger partial charge in [-0.25, -0.2) is 9.78 Å². The molecule has 0 N–H and O–H groups in total. The van der Waals surface area contributed by atoms with E-state index in [9.17, 15) is 18.0 Å². The fourth-order valence-electron chi connectivity index (χ4n) is 1.04. The summed E-state index contributed by atoms with van der Waals surface area (Å²) in [4.78, 5) is 15.0. The Morgan fingerprint density at radius 2 is 2.06 bits per heavy atom. The average Bonchev–Trinajstić information content (AvgIpc) is 2.19. The van der Waals surface area contributed by atoms with E-state index in [4.69, 9.17) is 0 Å². The van der Waals surface area contributed by atoms with Crippen molar-refractivity contribution in [2.45, 2.75) is 13.3 Å². The topological polar surface area (TPSA) is 48.4 Å². The maximum Gasteiger partial charge on any atom is 0.573 e. The lowest BCUT2D eigenvalue weighted by Gasteiger charge is -2.12. The van der Waals surface area contributed by atoms with Gasteiger partial charge >= 0.3 is 12.3 Å². The Hall–Kier alpha value is -1.06. The van der Waals surface area contributed by atoms with Gasteiger partial charge in [-0.1, -0.05) is 0 Å². The Bertz CT molecular complexity index is 448. The van der Waals surface area contributed by atoms with Crippen LogP contribution in [0.25, 0.3) is 0 Å². The van der Waals surface area contributed by atoms with Gasteiger partial charge in [0, 0.05) is 0 Å². The molecule has 0 saturated heterocycles. The van der Waals surface area contributed by atoms with E-state index in [1.807, 2.05) is 0 Å². The van der Waals surface area contributed by atoms with E-state index < -0.39 is 18.1 Å². The van der Waals surface area contributed by atoms with Crippen LogP contribution in [0.4, 0.5) is 13.2 Å². The first-order valence-electron chi connectivity index (χ1n) is 4.26. The van der Waals surface area contributed by atoms with E-state index in [2.05, 4.69) is 14.5 Å². The van der Waals surface area contributed by atoms with Gasteiger partial charge < -0.3 is 9.47 Å². The molecule has 0 aromatic carbocycles. The summed E-state index contributed by atoms with van der Waals surface area (Å²) < 4.78 is 44.6. The second-order valence-electron chi connectivity index (χ2n) is 2.95. The zero-order valence-corrected chi connectivity index (χ0v) is 10.9. The maximum atomic E-state index is 12.1. The number of esters is 1. The standard InChI is InChI=1S/C9H7F3INO3/c1-4-6(17-9(10,11)12)3-5(7(13)14-4)8(15)16-2/h3H,1-2H3. The molecule has 0 aliphatic rings. The van der Waals surface area contributed by atoms with Crippen molar-refractivity contribution in [1.82, 2.24) is 4.98 Å². The Morgan fingerprint density at radius 3 is 2.53 bits per heavy atom. The summed E-state index contributed by atoms with van der Waals surface area (Å²) >= 11 is 1.73. The maximum absolute atomic E-state index is 12.1. The molecule has 4 nitrogen and oxygen atoms in total. The van der Waals surface area contributed by atoms with E-state index in [1.165, 1.54) is 6.92 Å². The highest BCUT2D eigenvalue weighted by Gasteiger charge is 2.32. The van der Waals surface area contributed by atoms with E-state index in [-0.39, 0.29) is 15.0 Å². The van der Waals surface area contributed by atoms with Crippen molar-refractivity contribution in [2.24, 2.45) is 0 Å². The van der Waals surface area contributed by atoms with Gasteiger partial charge in [-0.05, 0) is 35.6 Å². The van der Waals surface area contributed by atoms with Gasteiger partial charge in [0.15, 0.2) is 5.75 Å². The van der Waals surface area contributed by atoms with E-state index >= 15 is 0 Å². The predicted molar refractivity (Wildman–Crippen MR) is 59.7 cm³/mol. The van der Waals surface area contributed by atoms with Crippen molar-refractivity contribution in [3.8, 4) is 5.75 Å². The van der Waals surface area contributed by atoms with Crippen LogP contribution in [0.15, 0.2) is 6.07 Å². The summed E-state index contributed by atoms with van der Waals surface area (Å²) in [5, 5.41) is 0. The van der Waals surface area contributed by atoms with E-state index in [0.717, 1.165) is 13.2 Å². The molecule has 8 heteroatoms. The highest BCUT2D eigenvalue weighted by atomic mass is 127. The van der Waals surface area contributed by atoms with Crippen LogP contribution >= 0.6 is 22.6 Å². The Balaban J connectivity index is 3.19. The number of methoxy groups -OCH3 is 1. The molecule has 0 atom stereocenters. The van der Waals surface area contributed by atoms with Gasteiger partial charge in [0.05, 0.1) is 18.4 Å². The molecule has 0 unspecified atom stereocenters. The quantitative estimate of drug-likeness (QED) is 0.462. The number of halogens is 4. The SMILES string of the molecule is COC(=O)c1cc(OC(F)(F)F)c(C)nc1I. The number of ether oxygens (including phenoxy) is 2. The summed E-state index contributed by atoms with van der Waals surface area (Å²) in [6.45, 7) is 1.35. The van der Waals surface area contributed by atoms with Crippen molar-refractivity contribution in [3.63, 3.8) is 0 Å². The second-order valence-corrected chi connectivity index (χ2v) is 3.97. The fourth-order valence-corrected chi connectivity index (χ4v) is 1.78. The van der Waals surface area contributed by atoms with E-state index in [1.54, 1.807) is 22.6 Å². The Labute approximate surface area is 108 Å². The molecule has 0 aliphatic carbocycles. The summed E-state index contributed by atoms with van der Waals surface area (Å²) in [6, 6.07) is 0.962. The lowest BCUT2D eigenvalue weighted by Crippen LogP contribution is -2.19. The number of rotatable bonds is 2. The monoisotopic (exact) mass is 361 g/mol. The van der Waals surface area contributed by atoms with Gasteiger partial charge in [-0.3, -0.25) is 0 Å². The van der Waals surface area contributed by atoms with Crippen molar-refractivity contribution >= 4 is 28.6 Å². The molecular formula is C9H7F3INO3. The van der Waals surface area contributed by atoms with Crippen LogP contribution in [0.5, 0.6) is 5.75 Å². The molecule has 1 heterocycles. The third-order valence-electron chi connectivity index (χ3n) is 1.75. The number of aromatic nitrogens is 1. The first kappa shape index (κ1) is 14.0. The number of carbonyl (C=O) groups excluding carboxylic acids is 1. The third kappa shape index (κ3) is 3.72. The molecule has 1 aromatic rings. The lowest BCUT2D eigenvalue weighted by molar-refractivity contribution is -0.275. The zero-order chi connectivity index (χ0) is 13.2. The highest BCUT2D eigenvalue weighted by molar-refractivity contribution is 14.1. The lowest BCUT2D eigenvalue weighted by atomic mass is 10.2. The average molecular weight is 361 g/mol. The molecule has 94 valence electrons. The summed E-state index contributed by atoms with van der Waals surface area (Å²) in [6.07, 6.45) is -4.83. The first-order chi connectivity index (χ1) is 7.74. The van der Waals surface area contributed by atoms with Crippen molar-refractivity contribution in [3.05, 3.63) is 21.0 Å². The third-order valence-corrected chi connectivity index (χ3v) is 2.57. The zero-order valence-electron chi connectivity index (χ0n) is 8.76. The van der Waals surface area contributed by atoms with Gasteiger partial charge in [-0.15, -0.1) is 13.2 Å². The molecule has 0 bridgehead atoms. The number of hydrogen-bond donors (Lipinski definition) is 0. The predicted octanol–water partition coefficient (Wildman–Crippen LogP) is 2.68. The number of aryl methyl sites for hydroxylation is 1. The van der Waals surface area contributed by atoms with Gasteiger partial charge in [0.2, 0.25) is 0 Å². The molecule has 0 saturated carbocycles. The van der Waals surface area contributed by atoms with Crippen molar-refractivity contribution < 1.29 is 27.4 Å². The minimum absolute atomic E-state index is 0.0411. The first-order valence-corrected chi connectivity index (χ1v) is 5.33. The Kier molecular flexibility index (Phi) is 4.17. The number of alkyl halides is 3. The molecule has 1 aromatic heterocycles. The summed E-state index contributed by atoms with van der Waals surface area (Å²) in [5.41, 5.74) is -0.0303. The number of hydrogen-bond acceptors (Lipinski definition) is 4. The molecule has 0 aliphatic heterocycles. The highest BCUT2D eigenvalue weighted by Crippen LogP contribution is 2.27. The number of carbonyl (C=O) groups is 1. The summed E-state index contributed by atoms with van der Waals surface area (Å²) in [5.74, 6) is -1.28. The molecular weight excluding hydrogens is 354 g/mol. The van der Waals surface area contributed by atoms with Crippen LogP contribution in [0.2, 0.25) is 0 Å². The van der Waals surface area contributed by atoms with Crippen LogP contribution in [-0.2, 0) is 4.74 Å². The minimum Gasteiger partial charge on any atom is -0.465 e. The molecule has 17 heavy (non-hydrogen) atoms. The molecule has 0 spiro atoms. The van der Waals surface area contributed by atoms with Crippen molar-refractivity contribution in [2.75, 3.05) is 7.11 Å². The molecule has 0 amide bonds.